The molecule has 0 aliphatic heterocycles. The third-order valence-electron chi connectivity index (χ3n) is 1.79. The Morgan fingerprint density at radius 2 is 2.19 bits per heavy atom. The number of aromatic carboxylic acids is 1. The van der Waals surface area contributed by atoms with Gasteiger partial charge in [0.25, 0.3) is 0 Å². The normalized spacial score (nSPS) is 11.7. The van der Waals surface area contributed by atoms with E-state index in [1.54, 1.807) is 0 Å². The number of nitrogens with one attached hydrogen (secondary N) is 1. The highest BCUT2D eigenvalue weighted by atomic mass is 32.1. The third kappa shape index (κ3) is 4.63. The van der Waals surface area contributed by atoms with Gasteiger partial charge in [0.2, 0.25) is 0 Å². The molecule has 1 rings (SSSR count). The van der Waals surface area contributed by atoms with Crippen molar-refractivity contribution in [1.29, 1.82) is 0 Å². The number of alkyl halides is 3. The Hall–Kier alpha value is -1.08. The Bertz CT molecular complexity index is 362. The zero-order valence-electron chi connectivity index (χ0n) is 8.17. The van der Waals surface area contributed by atoms with E-state index in [1.807, 2.05) is 0 Å². The molecule has 3 nitrogen and oxygen atoms in total. The van der Waals surface area contributed by atoms with Crippen LogP contribution in [0.5, 0.6) is 0 Å². The van der Waals surface area contributed by atoms with Crippen molar-refractivity contribution in [3.8, 4) is 0 Å². The Balaban J connectivity index is 2.30. The lowest BCUT2D eigenvalue weighted by Gasteiger charge is -2.06. The van der Waals surface area contributed by atoms with E-state index in [2.05, 4.69) is 5.32 Å². The molecule has 1 heterocycles. The lowest BCUT2D eigenvalue weighted by Crippen LogP contribution is -2.20. The largest absolute Gasteiger partial charge is 0.478 e. The Morgan fingerprint density at radius 1 is 1.50 bits per heavy atom. The van der Waals surface area contributed by atoms with Crippen LogP contribution in [0.3, 0.4) is 0 Å². The van der Waals surface area contributed by atoms with Gasteiger partial charge in [-0.25, -0.2) is 4.79 Å². The molecule has 0 atom stereocenters. The second-order valence-corrected chi connectivity index (χ2v) is 4.14. The van der Waals surface area contributed by atoms with Crippen molar-refractivity contribution in [1.82, 2.24) is 5.32 Å². The van der Waals surface area contributed by atoms with Gasteiger partial charge in [0.15, 0.2) is 0 Å². The Kier molecular flexibility index (Phi) is 4.31. The number of hydrogen-bond acceptors (Lipinski definition) is 3. The van der Waals surface area contributed by atoms with Gasteiger partial charge >= 0.3 is 12.1 Å². The number of carbonyl (C=O) groups is 1. The highest BCUT2D eigenvalue weighted by Gasteiger charge is 2.25. The van der Waals surface area contributed by atoms with Crippen molar-refractivity contribution < 1.29 is 23.1 Å². The molecule has 0 saturated heterocycles. The van der Waals surface area contributed by atoms with Gasteiger partial charge in [0, 0.05) is 23.3 Å². The summed E-state index contributed by atoms with van der Waals surface area (Å²) in [5.74, 6) is -1.03. The summed E-state index contributed by atoms with van der Waals surface area (Å²) in [4.78, 5) is 11.2. The van der Waals surface area contributed by atoms with E-state index in [-0.39, 0.29) is 18.7 Å². The number of thiophene rings is 1. The first-order chi connectivity index (χ1) is 7.38. The minimum Gasteiger partial charge on any atom is -0.478 e. The lowest BCUT2D eigenvalue weighted by molar-refractivity contribution is -0.133. The Labute approximate surface area is 93.9 Å². The first kappa shape index (κ1) is 13.0. The lowest BCUT2D eigenvalue weighted by atomic mass is 10.3. The van der Waals surface area contributed by atoms with Crippen LogP contribution in [-0.4, -0.2) is 23.8 Å². The summed E-state index contributed by atoms with van der Waals surface area (Å²) in [6.45, 7) is 0.0951. The monoisotopic (exact) mass is 253 g/mol. The van der Waals surface area contributed by atoms with Crippen molar-refractivity contribution in [2.24, 2.45) is 0 Å². The molecule has 0 spiro atoms. The van der Waals surface area contributed by atoms with Crippen LogP contribution >= 0.6 is 11.3 Å². The second kappa shape index (κ2) is 5.31. The molecule has 2 N–H and O–H groups in total. The van der Waals surface area contributed by atoms with E-state index >= 15 is 0 Å². The maximum Gasteiger partial charge on any atom is 0.390 e. The maximum absolute atomic E-state index is 11.8. The minimum atomic E-state index is -4.16. The predicted molar refractivity (Wildman–Crippen MR) is 53.7 cm³/mol. The van der Waals surface area contributed by atoms with Gasteiger partial charge in [0.1, 0.15) is 0 Å². The summed E-state index contributed by atoms with van der Waals surface area (Å²) in [5, 5.41) is 12.7. The second-order valence-electron chi connectivity index (χ2n) is 3.15. The van der Waals surface area contributed by atoms with Gasteiger partial charge in [-0.1, -0.05) is 0 Å². The number of hydrogen-bond donors (Lipinski definition) is 2. The van der Waals surface area contributed by atoms with Crippen molar-refractivity contribution in [3.63, 3.8) is 0 Å². The number of carboxylic acid groups (broad SMARTS) is 1. The molecule has 0 unspecified atom stereocenters. The molecule has 16 heavy (non-hydrogen) atoms. The molecule has 90 valence electrons. The molecule has 1 aromatic heterocycles. The molecule has 0 aliphatic rings. The fraction of sp³-hybridized carbons (Fsp3) is 0.444. The summed E-state index contributed by atoms with van der Waals surface area (Å²) in [6.07, 6.45) is -5.04. The molecule has 0 radical (unpaired) electrons. The molecule has 0 fully saturated rings. The number of carboxylic acids is 1. The summed E-state index contributed by atoms with van der Waals surface area (Å²) in [6, 6.07) is 1.45. The fourth-order valence-corrected chi connectivity index (χ4v) is 1.85. The smallest absolute Gasteiger partial charge is 0.390 e. The molecular weight excluding hydrogens is 243 g/mol. The van der Waals surface area contributed by atoms with E-state index in [4.69, 9.17) is 5.11 Å². The maximum atomic E-state index is 11.8. The average Bonchev–Trinajstić information content (AvgIpc) is 2.59. The van der Waals surface area contributed by atoms with E-state index < -0.39 is 18.6 Å². The molecule has 7 heteroatoms. The molecule has 0 amide bonds. The first-order valence-electron chi connectivity index (χ1n) is 4.46. The van der Waals surface area contributed by atoms with E-state index in [1.165, 1.54) is 22.8 Å². The molecule has 0 aromatic carbocycles. The van der Waals surface area contributed by atoms with E-state index in [0.29, 0.717) is 4.88 Å². The highest BCUT2D eigenvalue weighted by Crippen LogP contribution is 2.18. The van der Waals surface area contributed by atoms with Gasteiger partial charge in [-0.15, -0.1) is 11.3 Å². The zero-order valence-corrected chi connectivity index (χ0v) is 8.99. The molecular formula is C9H10F3NO2S. The van der Waals surface area contributed by atoms with Gasteiger partial charge in [0.05, 0.1) is 12.0 Å². The highest BCUT2D eigenvalue weighted by molar-refractivity contribution is 7.10. The van der Waals surface area contributed by atoms with Crippen LogP contribution in [0.25, 0.3) is 0 Å². The fourth-order valence-electron chi connectivity index (χ4n) is 1.03. The minimum absolute atomic E-state index is 0.163. The standard InChI is InChI=1S/C9H10F3NO2S/c10-9(11,12)1-2-13-4-7-3-6(5-16-7)8(14)15/h3,5,13H,1-2,4H2,(H,14,15). The molecule has 0 bridgehead atoms. The van der Waals surface area contributed by atoms with Crippen molar-refractivity contribution in [2.75, 3.05) is 6.54 Å². The van der Waals surface area contributed by atoms with Crippen molar-refractivity contribution >= 4 is 17.3 Å². The zero-order chi connectivity index (χ0) is 12.2. The van der Waals surface area contributed by atoms with E-state index in [0.717, 1.165) is 0 Å². The van der Waals surface area contributed by atoms with Gasteiger partial charge < -0.3 is 10.4 Å². The molecule has 1 aromatic rings. The predicted octanol–water partition coefficient (Wildman–Crippen LogP) is 2.49. The molecule has 0 aliphatic carbocycles. The summed E-state index contributed by atoms with van der Waals surface area (Å²) in [5.41, 5.74) is 0.164. The van der Waals surface area contributed by atoms with Gasteiger partial charge in [-0.2, -0.15) is 13.2 Å². The van der Waals surface area contributed by atoms with Crippen LogP contribution in [0.2, 0.25) is 0 Å². The third-order valence-corrected chi connectivity index (χ3v) is 2.72. The van der Waals surface area contributed by atoms with Crippen LogP contribution in [0.4, 0.5) is 13.2 Å². The van der Waals surface area contributed by atoms with Crippen LogP contribution in [0, 0.1) is 0 Å². The van der Waals surface area contributed by atoms with Crippen molar-refractivity contribution in [2.45, 2.75) is 19.1 Å². The Morgan fingerprint density at radius 3 is 2.69 bits per heavy atom. The SMILES string of the molecule is O=C(O)c1csc(CNCCC(F)(F)F)c1. The van der Waals surface area contributed by atoms with Crippen molar-refractivity contribution in [3.05, 3.63) is 21.9 Å². The summed E-state index contributed by atoms with van der Waals surface area (Å²) >= 11 is 1.21. The van der Waals surface area contributed by atoms with E-state index in [9.17, 15) is 18.0 Å². The van der Waals surface area contributed by atoms with Gasteiger partial charge in [-0.3, -0.25) is 0 Å². The quantitative estimate of drug-likeness (QED) is 0.793. The van der Waals surface area contributed by atoms with Gasteiger partial charge in [-0.05, 0) is 6.07 Å². The average molecular weight is 253 g/mol. The van der Waals surface area contributed by atoms with Crippen LogP contribution in [0.1, 0.15) is 21.7 Å². The topological polar surface area (TPSA) is 49.3 Å². The van der Waals surface area contributed by atoms with Crippen LogP contribution < -0.4 is 5.32 Å². The summed E-state index contributed by atoms with van der Waals surface area (Å²) < 4.78 is 35.3. The van der Waals surface area contributed by atoms with Crippen LogP contribution in [0.15, 0.2) is 11.4 Å². The number of halogens is 3. The van der Waals surface area contributed by atoms with Crippen LogP contribution in [-0.2, 0) is 6.54 Å². The number of rotatable bonds is 5. The summed E-state index contributed by atoms with van der Waals surface area (Å²) in [7, 11) is 0. The molecule has 0 saturated carbocycles. The first-order valence-corrected chi connectivity index (χ1v) is 5.34.